The van der Waals surface area contributed by atoms with Crippen LogP contribution in [0.25, 0.3) is 10.2 Å². The Bertz CT molecular complexity index is 911. The molecule has 1 aliphatic heterocycles. The van der Waals surface area contributed by atoms with Crippen LogP contribution < -0.4 is 0 Å². The first-order chi connectivity index (χ1) is 13.8. The Morgan fingerprint density at radius 2 is 2.03 bits per heavy atom. The van der Waals surface area contributed by atoms with Crippen LogP contribution in [0.1, 0.15) is 17.8 Å². The number of aromatic nitrogens is 1. The number of carbonyl (C=O) groups excluding carboxylic acids is 4. The second-order valence-corrected chi connectivity index (χ2v) is 7.89. The van der Waals surface area contributed by atoms with E-state index in [2.05, 4.69) is 4.98 Å². The van der Waals surface area contributed by atoms with Crippen LogP contribution >= 0.6 is 11.3 Å². The fourth-order valence-corrected chi connectivity index (χ4v) is 3.89. The molecule has 4 amide bonds. The largest absolute Gasteiger partial charge is 0.456 e. The zero-order valence-electron chi connectivity index (χ0n) is 16.3. The van der Waals surface area contributed by atoms with Gasteiger partial charge < -0.3 is 14.5 Å². The molecule has 1 aromatic heterocycles. The summed E-state index contributed by atoms with van der Waals surface area (Å²) in [5.41, 5.74) is 0.890. The van der Waals surface area contributed by atoms with Crippen LogP contribution in [0.4, 0.5) is 4.79 Å². The molecule has 9 nitrogen and oxygen atoms in total. The molecule has 1 fully saturated rings. The van der Waals surface area contributed by atoms with E-state index in [4.69, 9.17) is 4.74 Å². The van der Waals surface area contributed by atoms with Gasteiger partial charge in [0.05, 0.1) is 16.8 Å². The van der Waals surface area contributed by atoms with Gasteiger partial charge in [0.25, 0.3) is 5.91 Å². The van der Waals surface area contributed by atoms with Crippen molar-refractivity contribution in [3.8, 4) is 0 Å². The fraction of sp³-hybridized carbons (Fsp3) is 0.421. The Morgan fingerprint density at radius 3 is 2.72 bits per heavy atom. The van der Waals surface area contributed by atoms with Crippen LogP contribution in [0.15, 0.2) is 24.3 Å². The minimum absolute atomic E-state index is 0.0235. The molecule has 0 aliphatic carbocycles. The SMILES string of the molecule is CN(Cc1nc2ccccc2s1)C(=O)COC(=O)CCCN1C(=O)CN(C)C1=O. The first kappa shape index (κ1) is 20.7. The van der Waals surface area contributed by atoms with Crippen LogP contribution in [-0.4, -0.2) is 77.3 Å². The summed E-state index contributed by atoms with van der Waals surface area (Å²) >= 11 is 1.52. The van der Waals surface area contributed by atoms with E-state index in [9.17, 15) is 19.2 Å². The van der Waals surface area contributed by atoms with Gasteiger partial charge >= 0.3 is 12.0 Å². The van der Waals surface area contributed by atoms with Gasteiger partial charge in [-0.05, 0) is 18.6 Å². The number of imide groups is 1. The van der Waals surface area contributed by atoms with Crippen LogP contribution in [0.5, 0.6) is 0 Å². The number of amides is 4. The number of hydrogen-bond donors (Lipinski definition) is 0. The Balaban J connectivity index is 1.38. The molecular weight excluding hydrogens is 396 g/mol. The molecule has 0 bridgehead atoms. The van der Waals surface area contributed by atoms with Gasteiger partial charge in [-0.1, -0.05) is 12.1 Å². The Labute approximate surface area is 171 Å². The summed E-state index contributed by atoms with van der Waals surface area (Å²) < 4.78 is 6.07. The minimum Gasteiger partial charge on any atom is -0.456 e. The highest BCUT2D eigenvalue weighted by Gasteiger charge is 2.32. The summed E-state index contributed by atoms with van der Waals surface area (Å²) in [6.45, 7) is 0.189. The number of benzene rings is 1. The monoisotopic (exact) mass is 418 g/mol. The van der Waals surface area contributed by atoms with Crippen molar-refractivity contribution >= 4 is 45.4 Å². The van der Waals surface area contributed by atoms with Crippen LogP contribution in [0, 0.1) is 0 Å². The molecule has 0 N–H and O–H groups in total. The highest BCUT2D eigenvalue weighted by molar-refractivity contribution is 7.18. The number of para-hydroxylation sites is 1. The van der Waals surface area contributed by atoms with Crippen LogP contribution in [0.2, 0.25) is 0 Å². The maximum Gasteiger partial charge on any atom is 0.326 e. The molecule has 0 unspecified atom stereocenters. The number of ether oxygens (including phenoxy) is 1. The number of hydrogen-bond acceptors (Lipinski definition) is 7. The normalized spacial score (nSPS) is 14.0. The smallest absolute Gasteiger partial charge is 0.326 e. The lowest BCUT2D eigenvalue weighted by Gasteiger charge is -2.16. The van der Waals surface area contributed by atoms with Crippen molar-refractivity contribution < 1.29 is 23.9 Å². The van der Waals surface area contributed by atoms with E-state index in [1.165, 1.54) is 21.1 Å². The molecule has 1 saturated heterocycles. The first-order valence-electron chi connectivity index (χ1n) is 9.14. The average molecular weight is 418 g/mol. The van der Waals surface area contributed by atoms with Gasteiger partial charge in [0, 0.05) is 27.1 Å². The number of carbonyl (C=O) groups is 4. The first-order valence-corrected chi connectivity index (χ1v) is 9.96. The highest BCUT2D eigenvalue weighted by Crippen LogP contribution is 2.22. The van der Waals surface area contributed by atoms with E-state index >= 15 is 0 Å². The summed E-state index contributed by atoms with van der Waals surface area (Å²) in [7, 11) is 3.17. The lowest BCUT2D eigenvalue weighted by molar-refractivity contribution is -0.151. The second-order valence-electron chi connectivity index (χ2n) is 6.77. The summed E-state index contributed by atoms with van der Waals surface area (Å²) in [6, 6.07) is 7.37. The van der Waals surface area contributed by atoms with Crippen molar-refractivity contribution in [2.45, 2.75) is 19.4 Å². The molecule has 2 heterocycles. The molecule has 0 spiro atoms. The third-order valence-corrected chi connectivity index (χ3v) is 5.51. The third kappa shape index (κ3) is 5.08. The van der Waals surface area contributed by atoms with Crippen LogP contribution in [0.3, 0.4) is 0 Å². The summed E-state index contributed by atoms with van der Waals surface area (Å²) in [4.78, 5) is 55.8. The number of esters is 1. The summed E-state index contributed by atoms with van der Waals surface area (Å²) in [6.07, 6.45) is 0.315. The molecule has 0 saturated carbocycles. The van der Waals surface area contributed by atoms with Crippen molar-refractivity contribution in [2.24, 2.45) is 0 Å². The molecule has 1 aliphatic rings. The Kier molecular flexibility index (Phi) is 6.42. The zero-order valence-corrected chi connectivity index (χ0v) is 17.1. The molecule has 10 heteroatoms. The van der Waals surface area contributed by atoms with E-state index in [-0.39, 0.29) is 44.0 Å². The third-order valence-electron chi connectivity index (χ3n) is 4.49. The van der Waals surface area contributed by atoms with E-state index in [0.29, 0.717) is 13.0 Å². The molecule has 0 radical (unpaired) electrons. The second kappa shape index (κ2) is 8.99. The van der Waals surface area contributed by atoms with Crippen molar-refractivity contribution in [1.29, 1.82) is 0 Å². The predicted molar refractivity (Wildman–Crippen MR) is 106 cm³/mol. The van der Waals surface area contributed by atoms with E-state index in [1.54, 1.807) is 14.1 Å². The maximum atomic E-state index is 12.2. The van der Waals surface area contributed by atoms with Crippen molar-refractivity contribution in [2.75, 3.05) is 33.8 Å². The Morgan fingerprint density at radius 1 is 1.28 bits per heavy atom. The molecule has 3 rings (SSSR count). The number of fused-ring (bicyclic) bond motifs is 1. The quantitative estimate of drug-likeness (QED) is 0.475. The summed E-state index contributed by atoms with van der Waals surface area (Å²) in [5.74, 6) is -1.15. The number of nitrogens with zero attached hydrogens (tertiary/aromatic N) is 4. The van der Waals surface area contributed by atoms with Crippen molar-refractivity contribution in [3.05, 3.63) is 29.3 Å². The van der Waals surface area contributed by atoms with E-state index < -0.39 is 5.97 Å². The number of thiazole rings is 1. The zero-order chi connectivity index (χ0) is 21.0. The van der Waals surface area contributed by atoms with Gasteiger partial charge in [-0.15, -0.1) is 11.3 Å². The van der Waals surface area contributed by atoms with E-state index in [1.807, 2.05) is 24.3 Å². The van der Waals surface area contributed by atoms with Gasteiger partial charge in [-0.25, -0.2) is 9.78 Å². The highest BCUT2D eigenvalue weighted by atomic mass is 32.1. The average Bonchev–Trinajstić information content (AvgIpc) is 3.20. The summed E-state index contributed by atoms with van der Waals surface area (Å²) in [5, 5.41) is 0.804. The molecule has 29 heavy (non-hydrogen) atoms. The molecule has 0 atom stereocenters. The standard InChI is InChI=1S/C19H22N4O5S/c1-21(10-15-20-13-6-3-4-7-14(13)29-15)17(25)12-28-18(26)8-5-9-23-16(24)11-22(2)19(23)27/h3-4,6-7H,5,8-12H2,1-2H3. The van der Waals surface area contributed by atoms with Crippen molar-refractivity contribution in [1.82, 2.24) is 19.7 Å². The number of likely N-dealkylation sites (N-methyl/N-ethyl adjacent to an activating group) is 2. The molecule has 1 aromatic carbocycles. The van der Waals surface area contributed by atoms with Gasteiger partial charge in [0.15, 0.2) is 6.61 Å². The molecule has 2 aromatic rings. The van der Waals surface area contributed by atoms with Gasteiger partial charge in [-0.2, -0.15) is 0 Å². The minimum atomic E-state index is -0.542. The van der Waals surface area contributed by atoms with Crippen LogP contribution in [-0.2, 0) is 25.7 Å². The van der Waals surface area contributed by atoms with Gasteiger partial charge in [-0.3, -0.25) is 19.3 Å². The lowest BCUT2D eigenvalue weighted by atomic mass is 10.3. The number of urea groups is 1. The Hall–Kier alpha value is -3.01. The van der Waals surface area contributed by atoms with Gasteiger partial charge in [0.2, 0.25) is 5.91 Å². The number of rotatable bonds is 8. The molecule has 154 valence electrons. The lowest BCUT2D eigenvalue weighted by Crippen LogP contribution is -2.33. The van der Waals surface area contributed by atoms with E-state index in [0.717, 1.165) is 20.1 Å². The maximum absolute atomic E-state index is 12.2. The fourth-order valence-electron chi connectivity index (χ4n) is 2.87. The predicted octanol–water partition coefficient (Wildman–Crippen LogP) is 1.47. The van der Waals surface area contributed by atoms with Gasteiger partial charge in [0.1, 0.15) is 11.6 Å². The van der Waals surface area contributed by atoms with Crippen molar-refractivity contribution in [3.63, 3.8) is 0 Å². The topological polar surface area (TPSA) is 100 Å². The molecular formula is C19H22N4O5S.